The van der Waals surface area contributed by atoms with E-state index in [1.165, 1.54) is 0 Å². The number of benzene rings is 1. The molecular formula is C14H13Br2N3O2. The van der Waals surface area contributed by atoms with E-state index in [0.29, 0.717) is 17.3 Å². The maximum absolute atomic E-state index is 5.39. The molecule has 21 heavy (non-hydrogen) atoms. The largest absolute Gasteiger partial charge is 0.495 e. The van der Waals surface area contributed by atoms with Crippen LogP contribution in [0.2, 0.25) is 0 Å². The molecule has 110 valence electrons. The smallest absolute Gasteiger partial charge is 0.151 e. The Balaban J connectivity index is 2.27. The highest BCUT2D eigenvalue weighted by atomic mass is 79.9. The second-order valence-corrected chi connectivity index (χ2v) is 5.56. The van der Waals surface area contributed by atoms with E-state index < -0.39 is 0 Å². The van der Waals surface area contributed by atoms with Gasteiger partial charge in [-0.05, 0) is 50.1 Å². The summed E-state index contributed by atoms with van der Waals surface area (Å²) in [6.07, 6.45) is 3.35. The lowest BCUT2D eigenvalue weighted by atomic mass is 10.2. The van der Waals surface area contributed by atoms with Gasteiger partial charge in [-0.3, -0.25) is 5.43 Å². The highest BCUT2D eigenvalue weighted by Crippen LogP contribution is 2.42. The van der Waals surface area contributed by atoms with E-state index in [-0.39, 0.29) is 0 Å². The summed E-state index contributed by atoms with van der Waals surface area (Å²) < 4.78 is 12.2. The monoisotopic (exact) mass is 413 g/mol. The fourth-order valence-electron chi connectivity index (χ4n) is 1.69. The number of pyridine rings is 1. The number of ether oxygens (including phenoxy) is 2. The van der Waals surface area contributed by atoms with Crippen LogP contribution in [0.3, 0.4) is 0 Å². The first-order valence-corrected chi connectivity index (χ1v) is 7.56. The van der Waals surface area contributed by atoms with Crippen molar-refractivity contribution >= 4 is 43.9 Å². The zero-order valence-corrected chi connectivity index (χ0v) is 14.6. The second-order valence-electron chi connectivity index (χ2n) is 3.91. The first-order valence-electron chi connectivity index (χ1n) is 5.97. The van der Waals surface area contributed by atoms with Crippen LogP contribution in [-0.2, 0) is 0 Å². The first kappa shape index (κ1) is 15.8. The van der Waals surface area contributed by atoms with Gasteiger partial charge in [0.1, 0.15) is 16.0 Å². The van der Waals surface area contributed by atoms with Gasteiger partial charge in [-0.15, -0.1) is 0 Å². The van der Waals surface area contributed by atoms with E-state index >= 15 is 0 Å². The van der Waals surface area contributed by atoms with Gasteiger partial charge in [0.05, 0.1) is 24.9 Å². The Labute approximate surface area is 139 Å². The summed E-state index contributed by atoms with van der Waals surface area (Å²) in [7, 11) is 3.19. The van der Waals surface area contributed by atoms with E-state index in [1.807, 2.05) is 24.3 Å². The van der Waals surface area contributed by atoms with Crippen LogP contribution in [0.1, 0.15) is 5.56 Å². The molecule has 0 saturated carbocycles. The third kappa shape index (κ3) is 3.74. The van der Waals surface area contributed by atoms with Crippen LogP contribution >= 0.6 is 31.9 Å². The molecule has 1 N–H and O–H groups in total. The molecule has 0 radical (unpaired) electrons. The standard InChI is InChI=1S/C14H13Br2N3O2/c1-20-13-9(7-10(15)14(21-2)12(13)16)8-18-19-11-5-3-4-6-17-11/h3-8H,1-2H3,(H,17,19)/b18-8+. The molecule has 5 nitrogen and oxygen atoms in total. The van der Waals surface area contributed by atoms with E-state index in [0.717, 1.165) is 14.5 Å². The van der Waals surface area contributed by atoms with Crippen molar-refractivity contribution in [3.8, 4) is 11.5 Å². The number of anilines is 1. The van der Waals surface area contributed by atoms with Gasteiger partial charge in [-0.25, -0.2) is 4.98 Å². The topological polar surface area (TPSA) is 55.7 Å². The summed E-state index contributed by atoms with van der Waals surface area (Å²) in [6.45, 7) is 0. The number of rotatable bonds is 5. The highest BCUT2D eigenvalue weighted by Gasteiger charge is 2.15. The molecule has 0 saturated heterocycles. The minimum Gasteiger partial charge on any atom is -0.495 e. The molecule has 0 spiro atoms. The van der Waals surface area contributed by atoms with E-state index in [2.05, 4.69) is 47.4 Å². The Kier molecular flexibility index (Phi) is 5.58. The van der Waals surface area contributed by atoms with Crippen molar-refractivity contribution in [2.75, 3.05) is 19.6 Å². The minimum atomic E-state index is 0.640. The van der Waals surface area contributed by atoms with Gasteiger partial charge in [-0.1, -0.05) is 6.07 Å². The molecule has 1 aromatic carbocycles. The van der Waals surface area contributed by atoms with Crippen molar-refractivity contribution in [3.05, 3.63) is 45.0 Å². The zero-order valence-electron chi connectivity index (χ0n) is 11.4. The van der Waals surface area contributed by atoms with Crippen molar-refractivity contribution in [3.63, 3.8) is 0 Å². The Bertz CT molecular complexity index is 648. The molecule has 2 rings (SSSR count). The number of hydrazone groups is 1. The van der Waals surface area contributed by atoms with Crippen LogP contribution in [0.5, 0.6) is 11.5 Å². The molecular weight excluding hydrogens is 402 g/mol. The van der Waals surface area contributed by atoms with Gasteiger partial charge in [0, 0.05) is 11.8 Å². The summed E-state index contributed by atoms with van der Waals surface area (Å²) in [5.41, 5.74) is 3.64. The Morgan fingerprint density at radius 1 is 1.19 bits per heavy atom. The number of nitrogens with zero attached hydrogens (tertiary/aromatic N) is 2. The van der Waals surface area contributed by atoms with Crippen molar-refractivity contribution in [1.82, 2.24) is 4.98 Å². The molecule has 0 fully saturated rings. The molecule has 7 heteroatoms. The summed E-state index contributed by atoms with van der Waals surface area (Å²) in [6, 6.07) is 7.42. The lowest BCUT2D eigenvalue weighted by Crippen LogP contribution is -1.98. The molecule has 1 aromatic heterocycles. The quantitative estimate of drug-likeness (QED) is 0.591. The van der Waals surface area contributed by atoms with Gasteiger partial charge in [-0.2, -0.15) is 5.10 Å². The lowest BCUT2D eigenvalue weighted by molar-refractivity contribution is 0.387. The minimum absolute atomic E-state index is 0.640. The second kappa shape index (κ2) is 7.42. The van der Waals surface area contributed by atoms with Crippen LogP contribution in [0, 0.1) is 0 Å². The van der Waals surface area contributed by atoms with E-state index in [4.69, 9.17) is 9.47 Å². The molecule has 0 aliphatic rings. The van der Waals surface area contributed by atoms with Crippen LogP contribution in [0.4, 0.5) is 5.82 Å². The molecule has 0 unspecified atom stereocenters. The number of methoxy groups -OCH3 is 2. The fourth-order valence-corrected chi connectivity index (χ4v) is 3.33. The lowest BCUT2D eigenvalue weighted by Gasteiger charge is -2.12. The predicted octanol–water partition coefficient (Wildman–Crippen LogP) is 4.07. The average molecular weight is 415 g/mol. The Morgan fingerprint density at radius 2 is 1.95 bits per heavy atom. The van der Waals surface area contributed by atoms with Crippen LogP contribution in [0.15, 0.2) is 44.5 Å². The Morgan fingerprint density at radius 3 is 2.57 bits per heavy atom. The summed E-state index contributed by atoms with van der Waals surface area (Å²) >= 11 is 6.92. The van der Waals surface area contributed by atoms with Gasteiger partial charge in [0.15, 0.2) is 5.75 Å². The number of aromatic nitrogens is 1. The summed E-state index contributed by atoms with van der Waals surface area (Å²) in [4.78, 5) is 4.12. The van der Waals surface area contributed by atoms with Gasteiger partial charge < -0.3 is 9.47 Å². The zero-order chi connectivity index (χ0) is 15.2. The third-order valence-electron chi connectivity index (χ3n) is 2.62. The van der Waals surface area contributed by atoms with Crippen LogP contribution in [0.25, 0.3) is 0 Å². The SMILES string of the molecule is COc1c(Br)cc(/C=N/Nc2ccccn2)c(OC)c1Br. The van der Waals surface area contributed by atoms with Crippen LogP contribution < -0.4 is 14.9 Å². The number of hydrogen-bond acceptors (Lipinski definition) is 5. The first-order chi connectivity index (χ1) is 10.2. The van der Waals surface area contributed by atoms with Gasteiger partial charge >= 0.3 is 0 Å². The molecule has 1 heterocycles. The molecule has 0 aliphatic heterocycles. The highest BCUT2D eigenvalue weighted by molar-refractivity contribution is 9.11. The number of nitrogens with one attached hydrogen (secondary N) is 1. The van der Waals surface area contributed by atoms with Crippen molar-refractivity contribution in [1.29, 1.82) is 0 Å². The normalized spacial score (nSPS) is 10.7. The van der Waals surface area contributed by atoms with E-state index in [9.17, 15) is 0 Å². The van der Waals surface area contributed by atoms with Gasteiger partial charge in [0.2, 0.25) is 0 Å². The molecule has 0 atom stereocenters. The Hall–Kier alpha value is -1.60. The molecule has 2 aromatic rings. The summed E-state index contributed by atoms with van der Waals surface area (Å²) in [5, 5.41) is 4.16. The predicted molar refractivity (Wildman–Crippen MR) is 90.4 cm³/mol. The van der Waals surface area contributed by atoms with E-state index in [1.54, 1.807) is 26.6 Å². The molecule has 0 aliphatic carbocycles. The van der Waals surface area contributed by atoms with Crippen molar-refractivity contribution < 1.29 is 9.47 Å². The number of halogens is 2. The maximum Gasteiger partial charge on any atom is 0.151 e. The van der Waals surface area contributed by atoms with Crippen molar-refractivity contribution in [2.45, 2.75) is 0 Å². The third-order valence-corrected chi connectivity index (χ3v) is 3.93. The fraction of sp³-hybridized carbons (Fsp3) is 0.143. The molecule has 0 amide bonds. The molecule has 0 bridgehead atoms. The summed E-state index contributed by atoms with van der Waals surface area (Å²) in [5.74, 6) is 1.97. The maximum atomic E-state index is 5.39. The van der Waals surface area contributed by atoms with Crippen molar-refractivity contribution in [2.24, 2.45) is 5.10 Å². The number of hydrogen-bond donors (Lipinski definition) is 1. The van der Waals surface area contributed by atoms with Gasteiger partial charge in [0.25, 0.3) is 0 Å². The average Bonchev–Trinajstić information content (AvgIpc) is 2.49. The van der Waals surface area contributed by atoms with Crippen LogP contribution in [-0.4, -0.2) is 25.4 Å².